The van der Waals surface area contributed by atoms with Crippen LogP contribution in [-0.4, -0.2) is 106 Å². The second-order valence-corrected chi connectivity index (χ2v) is 15.9. The Kier molecular flexibility index (Phi) is 14.9. The Bertz CT molecular complexity index is 2280. The van der Waals surface area contributed by atoms with Crippen LogP contribution in [0.2, 0.25) is 0 Å². The van der Waals surface area contributed by atoms with Gasteiger partial charge in [-0.15, -0.1) is 11.8 Å². The molecule has 2 atom stereocenters. The Labute approximate surface area is 349 Å². The fourth-order valence-corrected chi connectivity index (χ4v) is 8.06. The Hall–Kier alpha value is -5.82. The predicted molar refractivity (Wildman–Crippen MR) is 214 cm³/mol. The Morgan fingerprint density at radius 1 is 0.983 bits per heavy atom. The number of ether oxygens (including phenoxy) is 4. The molecule has 6 rings (SSSR count). The zero-order chi connectivity index (χ0) is 42.6. The molecule has 1 aromatic heterocycles. The third-order valence-corrected chi connectivity index (χ3v) is 11.5. The van der Waals surface area contributed by atoms with Gasteiger partial charge in [0.05, 0.1) is 60.4 Å². The second kappa shape index (κ2) is 20.4. The molecule has 2 fully saturated rings. The number of likely N-dealkylation sites (N-methyl/N-ethyl adjacent to an activating group) is 1. The average molecular weight is 842 g/mol. The first-order valence-corrected chi connectivity index (χ1v) is 19.9. The van der Waals surface area contributed by atoms with Gasteiger partial charge in [-0.2, -0.15) is 15.6 Å². The molecule has 2 saturated heterocycles. The maximum absolute atomic E-state index is 16.1. The van der Waals surface area contributed by atoms with Crippen molar-refractivity contribution in [3.8, 4) is 12.1 Å². The topological polar surface area (TPSA) is 156 Å². The molecule has 0 saturated carbocycles. The average Bonchev–Trinajstić information content (AvgIpc) is 3.76. The van der Waals surface area contributed by atoms with Gasteiger partial charge >= 0.3 is 11.9 Å². The van der Waals surface area contributed by atoms with E-state index in [1.165, 1.54) is 65.5 Å². The van der Waals surface area contributed by atoms with E-state index in [0.29, 0.717) is 24.7 Å². The van der Waals surface area contributed by atoms with Crippen molar-refractivity contribution in [1.82, 2.24) is 24.6 Å². The minimum Gasteiger partial charge on any atom is -0.460 e. The number of thioether (sulfide) groups is 1. The van der Waals surface area contributed by atoms with Crippen LogP contribution in [0.1, 0.15) is 45.1 Å². The molecule has 0 spiro atoms. The number of hydrogen-bond donors (Lipinski definition) is 0. The Morgan fingerprint density at radius 2 is 1.72 bits per heavy atom. The SMILES string of the molecule is C[C@@H](SC1COC(/C=C/C=C/c2ccc(C#N)cc2F)OC1)[C@@](Cn1cncn1)(OC(=O)c1cc(C#N)ccc1COC(=O)CN1CCN(C)CC1)c1ccc(F)cc1F. The Balaban J connectivity index is 1.22. The summed E-state index contributed by atoms with van der Waals surface area (Å²) in [5.74, 6) is -3.80. The van der Waals surface area contributed by atoms with Crippen LogP contribution in [-0.2, 0) is 42.5 Å². The first-order chi connectivity index (χ1) is 29.0. The van der Waals surface area contributed by atoms with Crippen molar-refractivity contribution in [3.05, 3.63) is 136 Å². The highest BCUT2D eigenvalue weighted by molar-refractivity contribution is 8.00. The van der Waals surface area contributed by atoms with E-state index in [-0.39, 0.29) is 66.0 Å². The molecule has 3 heterocycles. The van der Waals surface area contributed by atoms with Crippen LogP contribution in [0, 0.1) is 40.1 Å². The van der Waals surface area contributed by atoms with Gasteiger partial charge in [0, 0.05) is 54.2 Å². The summed E-state index contributed by atoms with van der Waals surface area (Å²) in [5.41, 5.74) is -1.21. The molecule has 312 valence electrons. The fourth-order valence-electron chi connectivity index (χ4n) is 6.70. The van der Waals surface area contributed by atoms with Gasteiger partial charge in [0.15, 0.2) is 11.9 Å². The number of nitrogens with zero attached hydrogens (tertiary/aromatic N) is 7. The number of rotatable bonds is 15. The number of carbonyl (C=O) groups is 2. The fraction of sp³-hybridized carbons (Fsp3) is 0.349. The number of aromatic nitrogens is 3. The highest BCUT2D eigenvalue weighted by Crippen LogP contribution is 2.42. The minimum absolute atomic E-state index is 0.0628. The summed E-state index contributed by atoms with van der Waals surface area (Å²) >= 11 is 1.29. The molecule has 3 aromatic carbocycles. The van der Waals surface area contributed by atoms with Crippen molar-refractivity contribution in [2.75, 3.05) is 53.0 Å². The molecule has 0 N–H and O–H groups in total. The summed E-state index contributed by atoms with van der Waals surface area (Å²) in [7, 11) is 2.01. The smallest absolute Gasteiger partial charge is 0.339 e. The summed E-state index contributed by atoms with van der Waals surface area (Å²) in [4.78, 5) is 35.5. The van der Waals surface area contributed by atoms with Gasteiger partial charge in [-0.05, 0) is 56.4 Å². The van der Waals surface area contributed by atoms with E-state index in [2.05, 4.69) is 15.0 Å². The molecule has 2 aliphatic heterocycles. The summed E-state index contributed by atoms with van der Waals surface area (Å²) in [5, 5.41) is 21.8. The number of nitriles is 2. The van der Waals surface area contributed by atoms with Crippen LogP contribution in [0.25, 0.3) is 6.08 Å². The van der Waals surface area contributed by atoms with E-state index in [1.54, 1.807) is 31.2 Å². The van der Waals surface area contributed by atoms with Crippen molar-refractivity contribution in [1.29, 1.82) is 10.5 Å². The van der Waals surface area contributed by atoms with Crippen LogP contribution in [0.5, 0.6) is 0 Å². The number of piperazine rings is 1. The summed E-state index contributed by atoms with van der Waals surface area (Å²) < 4.78 is 70.0. The molecular weight excluding hydrogens is 800 g/mol. The normalized spacial score (nSPS) is 19.1. The van der Waals surface area contributed by atoms with Crippen molar-refractivity contribution in [3.63, 3.8) is 0 Å². The molecular formula is C43H42F3N7O6S. The lowest BCUT2D eigenvalue weighted by Crippen LogP contribution is -2.47. The monoisotopic (exact) mass is 841 g/mol. The molecule has 0 radical (unpaired) electrons. The molecule has 2 aliphatic rings. The van der Waals surface area contributed by atoms with E-state index in [0.717, 1.165) is 25.2 Å². The van der Waals surface area contributed by atoms with Crippen LogP contribution < -0.4 is 0 Å². The highest BCUT2D eigenvalue weighted by Gasteiger charge is 2.47. The standard InChI is InChI=1S/C43H42F3N7O6S/c1-29(60-35-24-57-41(58-25-35)6-4-3-5-32-9-7-31(21-48)18-38(32)45)43(26-53-28-49-27-50-53,37-12-11-34(44)19-39(37)46)59-42(55)36-17-30(20-47)8-10-33(36)23-56-40(54)22-52-15-13-51(2)14-16-52/h3-12,17-19,27-29,35,41H,13-16,22-26H2,1-2H3/b5-3+,6-4+/t29-,35?,41?,43-/m1/s1. The van der Waals surface area contributed by atoms with Gasteiger partial charge in [0.2, 0.25) is 0 Å². The van der Waals surface area contributed by atoms with Gasteiger partial charge in [0.1, 0.15) is 36.7 Å². The van der Waals surface area contributed by atoms with E-state index in [9.17, 15) is 23.6 Å². The number of carbonyl (C=O) groups excluding carboxylic acids is 2. The number of benzene rings is 3. The number of hydrogen-bond acceptors (Lipinski definition) is 13. The third kappa shape index (κ3) is 11.3. The van der Waals surface area contributed by atoms with Crippen molar-refractivity contribution >= 4 is 29.8 Å². The van der Waals surface area contributed by atoms with Crippen LogP contribution in [0.15, 0.2) is 85.5 Å². The quantitative estimate of drug-likeness (QED) is 0.108. The lowest BCUT2D eigenvalue weighted by molar-refractivity contribution is -0.147. The van der Waals surface area contributed by atoms with E-state index in [1.807, 2.05) is 24.1 Å². The molecule has 0 unspecified atom stereocenters. The van der Waals surface area contributed by atoms with Crippen LogP contribution >= 0.6 is 11.8 Å². The molecule has 4 aromatic rings. The number of halogens is 3. The largest absolute Gasteiger partial charge is 0.460 e. The van der Waals surface area contributed by atoms with Gasteiger partial charge in [-0.3, -0.25) is 9.69 Å². The van der Waals surface area contributed by atoms with Gasteiger partial charge in [0.25, 0.3) is 0 Å². The van der Waals surface area contributed by atoms with Crippen molar-refractivity contribution in [2.45, 2.75) is 42.5 Å². The van der Waals surface area contributed by atoms with Crippen molar-refractivity contribution in [2.24, 2.45) is 0 Å². The zero-order valence-corrected chi connectivity index (χ0v) is 33.7. The summed E-state index contributed by atoms with van der Waals surface area (Å²) in [6.07, 6.45) is 8.34. The minimum atomic E-state index is -1.88. The Morgan fingerprint density at radius 3 is 2.40 bits per heavy atom. The van der Waals surface area contributed by atoms with Gasteiger partial charge < -0.3 is 23.8 Å². The van der Waals surface area contributed by atoms with Crippen molar-refractivity contribution < 1.29 is 41.7 Å². The maximum Gasteiger partial charge on any atom is 0.339 e. The third-order valence-electron chi connectivity index (χ3n) is 10.1. The van der Waals surface area contributed by atoms with E-state index < -0.39 is 46.5 Å². The predicted octanol–water partition coefficient (Wildman–Crippen LogP) is 5.61. The molecule has 60 heavy (non-hydrogen) atoms. The highest BCUT2D eigenvalue weighted by atomic mass is 32.2. The molecule has 0 aliphatic carbocycles. The first kappa shape index (κ1) is 43.8. The van der Waals surface area contributed by atoms with Crippen LogP contribution in [0.3, 0.4) is 0 Å². The maximum atomic E-state index is 16.1. The molecule has 13 nitrogen and oxygen atoms in total. The van der Waals surface area contributed by atoms with Gasteiger partial charge in [-0.25, -0.2) is 27.6 Å². The molecule has 0 bridgehead atoms. The molecule has 17 heteroatoms. The van der Waals surface area contributed by atoms with E-state index >= 15 is 4.39 Å². The number of allylic oxidation sites excluding steroid dienone is 2. The summed E-state index contributed by atoms with van der Waals surface area (Å²) in [6, 6.07) is 15.4. The number of esters is 2. The van der Waals surface area contributed by atoms with Crippen LogP contribution in [0.4, 0.5) is 13.2 Å². The summed E-state index contributed by atoms with van der Waals surface area (Å²) in [6.45, 7) is 4.59. The second-order valence-electron chi connectivity index (χ2n) is 14.2. The van der Waals surface area contributed by atoms with Gasteiger partial charge in [-0.1, -0.05) is 30.4 Å². The van der Waals surface area contributed by atoms with E-state index in [4.69, 9.17) is 24.2 Å². The first-order valence-electron chi connectivity index (χ1n) is 19.0. The molecule has 0 amide bonds. The lowest BCUT2D eigenvalue weighted by Gasteiger charge is -2.40. The lowest BCUT2D eigenvalue weighted by atomic mass is 9.89. The zero-order valence-electron chi connectivity index (χ0n) is 32.9.